The quantitative estimate of drug-likeness (QED) is 0.905. The Kier molecular flexibility index (Phi) is 5.04. The number of hydrogen-bond donors (Lipinski definition) is 1. The molecule has 0 spiro atoms. The minimum Gasteiger partial charge on any atom is -0.372 e. The van der Waals surface area contributed by atoms with E-state index in [1.54, 1.807) is 7.05 Å². The highest BCUT2D eigenvalue weighted by Gasteiger charge is 2.46. The summed E-state index contributed by atoms with van der Waals surface area (Å²) in [5, 5.41) is 0. The lowest BCUT2D eigenvalue weighted by atomic mass is 10.2. The van der Waals surface area contributed by atoms with Crippen molar-refractivity contribution in [3.8, 4) is 0 Å². The van der Waals surface area contributed by atoms with E-state index in [1.807, 2.05) is 11.8 Å². The standard InChI is InChI=1S/C12H17F3N2O2S/c1-9(7-8-16)17(2)10-3-5-11(6-4-10)20(18,19)12(13,14)15/h3-6,9H,7-8,16H2,1-2H3. The first-order valence-electron chi connectivity index (χ1n) is 5.95. The molecule has 0 heterocycles. The van der Waals surface area contributed by atoms with Crippen LogP contribution in [0.1, 0.15) is 13.3 Å². The Morgan fingerprint density at radius 2 is 1.75 bits per heavy atom. The molecule has 4 nitrogen and oxygen atoms in total. The van der Waals surface area contributed by atoms with Crippen molar-refractivity contribution in [1.29, 1.82) is 0 Å². The Bertz CT molecular complexity index is 541. The molecule has 0 aromatic heterocycles. The summed E-state index contributed by atoms with van der Waals surface area (Å²) < 4.78 is 59.6. The van der Waals surface area contributed by atoms with E-state index < -0.39 is 20.2 Å². The van der Waals surface area contributed by atoms with Crippen molar-refractivity contribution in [3.05, 3.63) is 24.3 Å². The van der Waals surface area contributed by atoms with E-state index in [1.165, 1.54) is 12.1 Å². The van der Waals surface area contributed by atoms with Crippen LogP contribution in [0.3, 0.4) is 0 Å². The molecule has 8 heteroatoms. The second-order valence-electron chi connectivity index (χ2n) is 4.48. The highest BCUT2D eigenvalue weighted by Crippen LogP contribution is 2.31. The van der Waals surface area contributed by atoms with Gasteiger partial charge in [-0.15, -0.1) is 0 Å². The second kappa shape index (κ2) is 6.01. The zero-order valence-corrected chi connectivity index (χ0v) is 12.0. The lowest BCUT2D eigenvalue weighted by molar-refractivity contribution is -0.0436. The van der Waals surface area contributed by atoms with Crippen LogP contribution in [-0.4, -0.2) is 33.6 Å². The average Bonchev–Trinajstić information content (AvgIpc) is 2.37. The van der Waals surface area contributed by atoms with Crippen molar-refractivity contribution >= 4 is 15.5 Å². The average molecular weight is 310 g/mol. The van der Waals surface area contributed by atoms with E-state index in [0.29, 0.717) is 12.2 Å². The number of alkyl halides is 3. The van der Waals surface area contributed by atoms with Gasteiger partial charge in [-0.05, 0) is 44.2 Å². The zero-order valence-electron chi connectivity index (χ0n) is 11.2. The van der Waals surface area contributed by atoms with Crippen LogP contribution in [0.4, 0.5) is 18.9 Å². The number of rotatable bonds is 5. The molecule has 2 N–H and O–H groups in total. The molecule has 0 amide bonds. The lowest BCUT2D eigenvalue weighted by Crippen LogP contribution is -2.30. The molecule has 1 atom stereocenters. The molecular formula is C12H17F3N2O2S. The number of anilines is 1. The van der Waals surface area contributed by atoms with Crippen LogP contribution >= 0.6 is 0 Å². The van der Waals surface area contributed by atoms with Crippen LogP contribution in [-0.2, 0) is 9.84 Å². The summed E-state index contributed by atoms with van der Waals surface area (Å²) in [7, 11) is -3.52. The van der Waals surface area contributed by atoms with Crippen molar-refractivity contribution in [3.63, 3.8) is 0 Å². The van der Waals surface area contributed by atoms with Crippen LogP contribution in [0.2, 0.25) is 0 Å². The van der Waals surface area contributed by atoms with Crippen LogP contribution in [0, 0.1) is 0 Å². The Hall–Kier alpha value is -1.28. The molecule has 114 valence electrons. The predicted octanol–water partition coefficient (Wildman–Crippen LogP) is 2.15. The van der Waals surface area contributed by atoms with Crippen molar-refractivity contribution < 1.29 is 21.6 Å². The maximum absolute atomic E-state index is 12.4. The highest BCUT2D eigenvalue weighted by atomic mass is 32.2. The van der Waals surface area contributed by atoms with Crippen molar-refractivity contribution in [2.45, 2.75) is 29.8 Å². The van der Waals surface area contributed by atoms with Gasteiger partial charge in [-0.2, -0.15) is 13.2 Å². The molecule has 1 unspecified atom stereocenters. The third-order valence-corrected chi connectivity index (χ3v) is 4.61. The normalized spacial score (nSPS) is 14.1. The molecule has 0 aliphatic rings. The first-order chi connectivity index (χ1) is 9.11. The van der Waals surface area contributed by atoms with Gasteiger partial charge in [-0.1, -0.05) is 0 Å². The molecule has 1 aromatic carbocycles. The molecule has 0 saturated carbocycles. The molecule has 1 aromatic rings. The molecule has 0 fully saturated rings. The second-order valence-corrected chi connectivity index (χ2v) is 6.42. The fraction of sp³-hybridized carbons (Fsp3) is 0.500. The summed E-state index contributed by atoms with van der Waals surface area (Å²) in [5.41, 5.74) is 0.790. The number of benzene rings is 1. The fourth-order valence-electron chi connectivity index (χ4n) is 1.68. The number of nitrogens with zero attached hydrogens (tertiary/aromatic N) is 1. The van der Waals surface area contributed by atoms with Gasteiger partial charge in [0.05, 0.1) is 4.90 Å². The van der Waals surface area contributed by atoms with Gasteiger partial charge in [-0.3, -0.25) is 0 Å². The van der Waals surface area contributed by atoms with Crippen LogP contribution < -0.4 is 10.6 Å². The van der Waals surface area contributed by atoms with Gasteiger partial charge in [0.15, 0.2) is 0 Å². The molecule has 20 heavy (non-hydrogen) atoms. The number of sulfone groups is 1. The Morgan fingerprint density at radius 1 is 1.25 bits per heavy atom. The van der Waals surface area contributed by atoms with Gasteiger partial charge in [0.2, 0.25) is 0 Å². The molecule has 0 aliphatic heterocycles. The zero-order chi connectivity index (χ0) is 15.6. The maximum atomic E-state index is 12.4. The lowest BCUT2D eigenvalue weighted by Gasteiger charge is -2.26. The van der Waals surface area contributed by atoms with Gasteiger partial charge in [-0.25, -0.2) is 8.42 Å². The minimum atomic E-state index is -5.29. The van der Waals surface area contributed by atoms with Gasteiger partial charge in [0, 0.05) is 18.8 Å². The smallest absolute Gasteiger partial charge is 0.372 e. The molecule has 0 bridgehead atoms. The molecule has 1 rings (SSSR count). The third kappa shape index (κ3) is 3.43. The predicted molar refractivity (Wildman–Crippen MR) is 71.2 cm³/mol. The third-order valence-electron chi connectivity index (χ3n) is 3.10. The Balaban J connectivity index is 3.01. The molecule has 0 radical (unpaired) electrons. The van der Waals surface area contributed by atoms with Gasteiger partial charge >= 0.3 is 5.51 Å². The van der Waals surface area contributed by atoms with Crippen molar-refractivity contribution in [1.82, 2.24) is 0 Å². The summed E-state index contributed by atoms with van der Waals surface area (Å²) in [5.74, 6) is 0. The van der Waals surface area contributed by atoms with E-state index >= 15 is 0 Å². The number of halogens is 3. The SMILES string of the molecule is CC(CCN)N(C)c1ccc(S(=O)(=O)C(F)(F)F)cc1. The summed E-state index contributed by atoms with van der Waals surface area (Å²) in [6.07, 6.45) is 0.721. The number of nitrogens with two attached hydrogens (primary N) is 1. The van der Waals surface area contributed by atoms with Crippen molar-refractivity contribution in [2.75, 3.05) is 18.5 Å². The van der Waals surface area contributed by atoms with Gasteiger partial charge < -0.3 is 10.6 Å². The fourth-order valence-corrected chi connectivity index (χ4v) is 2.45. The van der Waals surface area contributed by atoms with Gasteiger partial charge in [0.25, 0.3) is 9.84 Å². The van der Waals surface area contributed by atoms with E-state index in [4.69, 9.17) is 5.73 Å². The summed E-state index contributed by atoms with van der Waals surface area (Å²) in [6.45, 7) is 2.42. The molecular weight excluding hydrogens is 293 g/mol. The highest BCUT2D eigenvalue weighted by molar-refractivity contribution is 7.92. The van der Waals surface area contributed by atoms with Crippen molar-refractivity contribution in [2.24, 2.45) is 5.73 Å². The van der Waals surface area contributed by atoms with E-state index in [-0.39, 0.29) is 6.04 Å². The molecule has 0 aliphatic carbocycles. The maximum Gasteiger partial charge on any atom is 0.501 e. The van der Waals surface area contributed by atoms with Crippen LogP contribution in [0.15, 0.2) is 29.2 Å². The first-order valence-corrected chi connectivity index (χ1v) is 7.44. The van der Waals surface area contributed by atoms with Gasteiger partial charge in [0.1, 0.15) is 0 Å². The first kappa shape index (κ1) is 16.8. The monoisotopic (exact) mass is 310 g/mol. The topological polar surface area (TPSA) is 63.4 Å². The Labute approximate surface area is 116 Å². The summed E-state index contributed by atoms with van der Waals surface area (Å²) in [4.78, 5) is 1.07. The summed E-state index contributed by atoms with van der Waals surface area (Å²) in [6, 6.07) is 4.73. The summed E-state index contributed by atoms with van der Waals surface area (Å²) >= 11 is 0. The van der Waals surface area contributed by atoms with E-state index in [9.17, 15) is 21.6 Å². The number of hydrogen-bond acceptors (Lipinski definition) is 4. The Morgan fingerprint density at radius 3 is 2.15 bits per heavy atom. The molecule has 0 saturated heterocycles. The largest absolute Gasteiger partial charge is 0.501 e. The van der Waals surface area contributed by atoms with Crippen LogP contribution in [0.5, 0.6) is 0 Å². The van der Waals surface area contributed by atoms with E-state index in [0.717, 1.165) is 18.6 Å². The van der Waals surface area contributed by atoms with Crippen LogP contribution in [0.25, 0.3) is 0 Å². The minimum absolute atomic E-state index is 0.102. The van der Waals surface area contributed by atoms with E-state index in [2.05, 4.69) is 0 Å².